The van der Waals surface area contributed by atoms with Crippen LogP contribution >= 0.6 is 23.2 Å². The Balaban J connectivity index is 2.40. The molecule has 0 spiro atoms. The normalized spacial score (nSPS) is 11.5. The third-order valence-electron chi connectivity index (χ3n) is 2.11. The summed E-state index contributed by atoms with van der Waals surface area (Å²) in [4.78, 5) is 7.42. The molecule has 6 nitrogen and oxygen atoms in total. The molecular formula is C9H8Cl2N4O2S. The Bertz CT molecular complexity index is 663. The number of hydrogen-bond acceptors (Lipinski definition) is 4. The van der Waals surface area contributed by atoms with Crippen LogP contribution in [0.4, 0.5) is 5.69 Å². The van der Waals surface area contributed by atoms with Crippen LogP contribution in [0.3, 0.4) is 0 Å². The van der Waals surface area contributed by atoms with Crippen LogP contribution in [0.2, 0.25) is 10.3 Å². The van der Waals surface area contributed by atoms with Gasteiger partial charge in [-0.3, -0.25) is 4.72 Å². The number of sulfonamides is 1. The topological polar surface area (TPSA) is 76.9 Å². The molecule has 1 N–H and O–H groups in total. The third-order valence-corrected chi connectivity index (χ3v) is 4.01. The van der Waals surface area contributed by atoms with Crippen molar-refractivity contribution in [3.8, 4) is 0 Å². The summed E-state index contributed by atoms with van der Waals surface area (Å²) in [6.07, 6.45) is 4.21. The molecule has 0 fully saturated rings. The minimum atomic E-state index is -3.76. The molecule has 9 heteroatoms. The number of aryl methyl sites for hydroxylation is 1. The molecule has 0 aromatic carbocycles. The summed E-state index contributed by atoms with van der Waals surface area (Å²) in [5.74, 6) is 0. The van der Waals surface area contributed by atoms with E-state index in [1.54, 1.807) is 17.8 Å². The van der Waals surface area contributed by atoms with Crippen LogP contribution < -0.4 is 4.72 Å². The zero-order valence-electron chi connectivity index (χ0n) is 9.13. The molecule has 0 saturated carbocycles. The second kappa shape index (κ2) is 4.75. The summed E-state index contributed by atoms with van der Waals surface area (Å²) in [6, 6.07) is 1.45. The van der Waals surface area contributed by atoms with Crippen molar-refractivity contribution < 1.29 is 8.42 Å². The number of nitrogens with zero attached hydrogens (tertiary/aromatic N) is 3. The van der Waals surface area contributed by atoms with E-state index in [0.29, 0.717) is 0 Å². The largest absolute Gasteiger partial charge is 0.356 e. The first-order valence-corrected chi connectivity index (χ1v) is 6.95. The first-order valence-electron chi connectivity index (χ1n) is 4.71. The molecule has 2 heterocycles. The molecule has 0 amide bonds. The van der Waals surface area contributed by atoms with Gasteiger partial charge in [-0.25, -0.2) is 18.4 Å². The van der Waals surface area contributed by atoms with Crippen LogP contribution in [0.15, 0.2) is 29.7 Å². The highest BCUT2D eigenvalue weighted by atomic mass is 35.5. The average Bonchev–Trinajstić information content (AvgIpc) is 2.71. The Morgan fingerprint density at radius 3 is 2.39 bits per heavy atom. The van der Waals surface area contributed by atoms with E-state index in [-0.39, 0.29) is 20.9 Å². The first kappa shape index (κ1) is 13.1. The molecule has 0 bridgehead atoms. The average molecular weight is 307 g/mol. The SMILES string of the molecule is Cn1ccc(S(=O)(=O)Nc2c(Cl)ncnc2Cl)c1. The van der Waals surface area contributed by atoms with E-state index in [9.17, 15) is 8.42 Å². The molecule has 0 aliphatic carbocycles. The number of anilines is 1. The summed E-state index contributed by atoms with van der Waals surface area (Å²) in [7, 11) is -2.04. The van der Waals surface area contributed by atoms with Crippen molar-refractivity contribution in [1.29, 1.82) is 0 Å². The Morgan fingerprint density at radius 1 is 1.28 bits per heavy atom. The van der Waals surface area contributed by atoms with Gasteiger partial charge in [0, 0.05) is 19.4 Å². The minimum Gasteiger partial charge on any atom is -0.356 e. The van der Waals surface area contributed by atoms with Gasteiger partial charge in [-0.1, -0.05) is 23.2 Å². The van der Waals surface area contributed by atoms with Crippen molar-refractivity contribution in [3.05, 3.63) is 35.1 Å². The van der Waals surface area contributed by atoms with Gasteiger partial charge >= 0.3 is 0 Å². The van der Waals surface area contributed by atoms with Gasteiger partial charge in [0.15, 0.2) is 10.3 Å². The van der Waals surface area contributed by atoms with Gasteiger partial charge in [-0.15, -0.1) is 0 Å². The molecule has 2 aromatic heterocycles. The van der Waals surface area contributed by atoms with Crippen molar-refractivity contribution in [3.63, 3.8) is 0 Å². The number of hydrogen-bond donors (Lipinski definition) is 1. The molecule has 0 saturated heterocycles. The molecule has 0 unspecified atom stereocenters. The van der Waals surface area contributed by atoms with Crippen LogP contribution in [-0.2, 0) is 17.1 Å². The van der Waals surface area contributed by atoms with E-state index in [4.69, 9.17) is 23.2 Å². The van der Waals surface area contributed by atoms with Gasteiger partial charge in [-0.05, 0) is 6.07 Å². The lowest BCUT2D eigenvalue weighted by Gasteiger charge is -2.08. The molecule has 0 aliphatic heterocycles. The minimum absolute atomic E-state index is 0.0373. The van der Waals surface area contributed by atoms with E-state index >= 15 is 0 Å². The zero-order valence-corrected chi connectivity index (χ0v) is 11.5. The van der Waals surface area contributed by atoms with Crippen LogP contribution in [0.1, 0.15) is 0 Å². The van der Waals surface area contributed by atoms with Gasteiger partial charge in [0.1, 0.15) is 16.9 Å². The molecule has 0 aliphatic rings. The van der Waals surface area contributed by atoms with E-state index < -0.39 is 10.0 Å². The fourth-order valence-corrected chi connectivity index (χ4v) is 2.90. The maximum absolute atomic E-state index is 12.0. The Hall–Kier alpha value is -1.31. The smallest absolute Gasteiger partial charge is 0.263 e. The maximum atomic E-state index is 12.0. The predicted octanol–water partition coefficient (Wildman–Crippen LogP) is 1.92. The first-order chi connectivity index (χ1) is 8.40. The molecule has 18 heavy (non-hydrogen) atoms. The van der Waals surface area contributed by atoms with Crippen LogP contribution in [0.5, 0.6) is 0 Å². The molecule has 96 valence electrons. The van der Waals surface area contributed by atoms with E-state index in [2.05, 4.69) is 14.7 Å². The molecule has 0 radical (unpaired) electrons. The third kappa shape index (κ3) is 2.58. The van der Waals surface area contributed by atoms with Crippen molar-refractivity contribution in [2.75, 3.05) is 4.72 Å². The van der Waals surface area contributed by atoms with Gasteiger partial charge in [0.2, 0.25) is 0 Å². The quantitative estimate of drug-likeness (QED) is 0.879. The lowest BCUT2D eigenvalue weighted by Crippen LogP contribution is -2.13. The number of rotatable bonds is 3. The summed E-state index contributed by atoms with van der Waals surface area (Å²) >= 11 is 11.5. The van der Waals surface area contributed by atoms with Crippen LogP contribution in [-0.4, -0.2) is 23.0 Å². The highest BCUT2D eigenvalue weighted by Gasteiger charge is 2.19. The highest BCUT2D eigenvalue weighted by molar-refractivity contribution is 7.92. The van der Waals surface area contributed by atoms with E-state index in [1.807, 2.05) is 0 Å². The van der Waals surface area contributed by atoms with Crippen molar-refractivity contribution in [1.82, 2.24) is 14.5 Å². The highest BCUT2D eigenvalue weighted by Crippen LogP contribution is 2.28. The van der Waals surface area contributed by atoms with Gasteiger partial charge in [0.05, 0.1) is 0 Å². The van der Waals surface area contributed by atoms with Gasteiger partial charge < -0.3 is 4.57 Å². The lowest BCUT2D eigenvalue weighted by atomic mass is 10.6. The van der Waals surface area contributed by atoms with Crippen molar-refractivity contribution >= 4 is 38.9 Å². The zero-order chi connectivity index (χ0) is 13.3. The Labute approximate surface area is 114 Å². The second-order valence-electron chi connectivity index (χ2n) is 3.45. The Kier molecular flexibility index (Phi) is 3.47. The fraction of sp³-hybridized carbons (Fsp3) is 0.111. The number of nitrogens with one attached hydrogen (secondary N) is 1. The monoisotopic (exact) mass is 306 g/mol. The van der Waals surface area contributed by atoms with Crippen LogP contribution in [0.25, 0.3) is 0 Å². The maximum Gasteiger partial charge on any atom is 0.263 e. The molecule has 0 atom stereocenters. The predicted molar refractivity (Wildman–Crippen MR) is 68.3 cm³/mol. The van der Waals surface area contributed by atoms with Gasteiger partial charge in [-0.2, -0.15) is 0 Å². The summed E-state index contributed by atoms with van der Waals surface area (Å²) in [5.41, 5.74) is -0.0373. The number of aromatic nitrogens is 3. The van der Waals surface area contributed by atoms with Crippen molar-refractivity contribution in [2.24, 2.45) is 7.05 Å². The molecular weight excluding hydrogens is 299 g/mol. The summed E-state index contributed by atoms with van der Waals surface area (Å²) in [6.45, 7) is 0. The second-order valence-corrected chi connectivity index (χ2v) is 5.85. The summed E-state index contributed by atoms with van der Waals surface area (Å²) < 4.78 is 27.9. The summed E-state index contributed by atoms with van der Waals surface area (Å²) in [5, 5.41) is -0.121. The lowest BCUT2D eigenvalue weighted by molar-refractivity contribution is 0.601. The van der Waals surface area contributed by atoms with E-state index in [0.717, 1.165) is 6.33 Å². The molecule has 2 aromatic rings. The standard InChI is InChI=1S/C9H8Cl2N4O2S/c1-15-3-2-6(4-15)18(16,17)14-7-8(10)12-5-13-9(7)11/h2-5,14H,1H3. The number of halogens is 2. The van der Waals surface area contributed by atoms with Crippen molar-refractivity contribution in [2.45, 2.75) is 4.90 Å². The van der Waals surface area contributed by atoms with E-state index in [1.165, 1.54) is 12.3 Å². The Morgan fingerprint density at radius 2 is 1.89 bits per heavy atom. The van der Waals surface area contributed by atoms with Gasteiger partial charge in [0.25, 0.3) is 10.0 Å². The fourth-order valence-electron chi connectivity index (χ4n) is 1.26. The van der Waals surface area contributed by atoms with Crippen LogP contribution in [0, 0.1) is 0 Å². The molecule has 2 rings (SSSR count).